The highest BCUT2D eigenvalue weighted by atomic mass is 19.3. The van der Waals surface area contributed by atoms with Gasteiger partial charge in [0.05, 0.1) is 0 Å². The molecule has 0 spiro atoms. The number of halogens is 2. The molecule has 0 aromatic heterocycles. The first-order valence-corrected chi connectivity index (χ1v) is 5.61. The van der Waals surface area contributed by atoms with Crippen molar-refractivity contribution in [3.63, 3.8) is 0 Å². The van der Waals surface area contributed by atoms with Gasteiger partial charge in [0, 0.05) is 6.04 Å². The second-order valence-electron chi connectivity index (χ2n) is 4.61. The fraction of sp³-hybridized carbons (Fsp3) is 0.909. The summed E-state index contributed by atoms with van der Waals surface area (Å²) in [6, 6.07) is -0.0553. The van der Waals surface area contributed by atoms with Crippen LogP contribution in [0.3, 0.4) is 0 Å². The second-order valence-corrected chi connectivity index (χ2v) is 4.61. The zero-order valence-electron chi connectivity index (χ0n) is 9.30. The topological polar surface area (TPSA) is 29.1 Å². The number of rotatable bonds is 3. The van der Waals surface area contributed by atoms with Crippen molar-refractivity contribution in [3.05, 3.63) is 0 Å². The minimum Gasteiger partial charge on any atom is -0.348 e. The molecule has 2 atom stereocenters. The lowest BCUT2D eigenvalue weighted by molar-refractivity contribution is -0.133. The van der Waals surface area contributed by atoms with Crippen LogP contribution in [0.25, 0.3) is 0 Å². The van der Waals surface area contributed by atoms with Crippen LogP contribution in [0.2, 0.25) is 0 Å². The molecular weight excluding hydrogens is 200 g/mol. The number of nitrogens with one attached hydrogen (secondary N) is 1. The maximum Gasteiger partial charge on any atom is 0.315 e. The van der Waals surface area contributed by atoms with E-state index < -0.39 is 12.3 Å². The lowest BCUT2D eigenvalue weighted by Gasteiger charge is -2.34. The van der Waals surface area contributed by atoms with Crippen LogP contribution in [0.4, 0.5) is 8.78 Å². The van der Waals surface area contributed by atoms with Gasteiger partial charge in [0.25, 0.3) is 5.91 Å². The number of carbonyl (C=O) groups excluding carboxylic acids is 1. The smallest absolute Gasteiger partial charge is 0.315 e. The Morgan fingerprint density at radius 3 is 2.40 bits per heavy atom. The van der Waals surface area contributed by atoms with E-state index in [9.17, 15) is 13.6 Å². The molecular formula is C11H19F2NO. The Labute approximate surface area is 89.4 Å². The van der Waals surface area contributed by atoms with Crippen LogP contribution in [-0.4, -0.2) is 18.4 Å². The summed E-state index contributed by atoms with van der Waals surface area (Å²) in [7, 11) is 0. The molecule has 1 amide bonds. The fourth-order valence-corrected chi connectivity index (χ4v) is 2.38. The van der Waals surface area contributed by atoms with Crippen LogP contribution in [0.5, 0.6) is 0 Å². The zero-order valence-corrected chi connectivity index (χ0v) is 9.30. The zero-order chi connectivity index (χ0) is 11.4. The quantitative estimate of drug-likeness (QED) is 0.776. The largest absolute Gasteiger partial charge is 0.348 e. The minimum absolute atomic E-state index is 0.0553. The van der Waals surface area contributed by atoms with Crippen molar-refractivity contribution in [1.82, 2.24) is 5.32 Å². The third kappa shape index (κ3) is 3.43. The SMILES string of the molecule is CC(C)C1CCCCC1NC(=O)C(F)F. The predicted octanol–water partition coefficient (Wildman–Crippen LogP) is 2.58. The van der Waals surface area contributed by atoms with E-state index in [0.29, 0.717) is 11.8 Å². The maximum atomic E-state index is 12.1. The Kier molecular flexibility index (Phi) is 4.48. The molecule has 88 valence electrons. The van der Waals surface area contributed by atoms with Gasteiger partial charge in [0.1, 0.15) is 0 Å². The van der Waals surface area contributed by atoms with Crippen molar-refractivity contribution in [2.24, 2.45) is 11.8 Å². The first kappa shape index (κ1) is 12.4. The Morgan fingerprint density at radius 1 is 1.27 bits per heavy atom. The summed E-state index contributed by atoms with van der Waals surface area (Å²) in [5, 5.41) is 2.46. The summed E-state index contributed by atoms with van der Waals surface area (Å²) in [6.07, 6.45) is 1.15. The van der Waals surface area contributed by atoms with Gasteiger partial charge in [-0.05, 0) is 24.7 Å². The van der Waals surface area contributed by atoms with E-state index in [1.807, 2.05) is 0 Å². The summed E-state index contributed by atoms with van der Waals surface area (Å²) < 4.78 is 24.2. The molecule has 2 nitrogen and oxygen atoms in total. The normalized spacial score (nSPS) is 27.1. The molecule has 1 rings (SSSR count). The van der Waals surface area contributed by atoms with Gasteiger partial charge in [-0.25, -0.2) is 0 Å². The average Bonchev–Trinajstić information content (AvgIpc) is 2.18. The van der Waals surface area contributed by atoms with E-state index in [-0.39, 0.29) is 6.04 Å². The maximum absolute atomic E-state index is 12.1. The van der Waals surface area contributed by atoms with E-state index in [2.05, 4.69) is 19.2 Å². The van der Waals surface area contributed by atoms with Crippen molar-refractivity contribution < 1.29 is 13.6 Å². The van der Waals surface area contributed by atoms with Crippen LogP contribution >= 0.6 is 0 Å². The lowest BCUT2D eigenvalue weighted by Crippen LogP contribution is -2.46. The van der Waals surface area contributed by atoms with Crippen molar-refractivity contribution in [1.29, 1.82) is 0 Å². The Hall–Kier alpha value is -0.670. The van der Waals surface area contributed by atoms with E-state index in [1.165, 1.54) is 0 Å². The summed E-state index contributed by atoms with van der Waals surface area (Å²) in [5.41, 5.74) is 0. The van der Waals surface area contributed by atoms with Crippen molar-refractivity contribution >= 4 is 5.91 Å². The fourth-order valence-electron chi connectivity index (χ4n) is 2.38. The lowest BCUT2D eigenvalue weighted by atomic mass is 9.78. The van der Waals surface area contributed by atoms with Crippen molar-refractivity contribution in [2.75, 3.05) is 0 Å². The molecule has 1 aliphatic rings. The highest BCUT2D eigenvalue weighted by Crippen LogP contribution is 2.30. The van der Waals surface area contributed by atoms with E-state index in [1.54, 1.807) is 0 Å². The van der Waals surface area contributed by atoms with Crippen LogP contribution in [0.1, 0.15) is 39.5 Å². The van der Waals surface area contributed by atoms with Gasteiger partial charge < -0.3 is 5.32 Å². The second kappa shape index (κ2) is 5.42. The van der Waals surface area contributed by atoms with Crippen LogP contribution in [0.15, 0.2) is 0 Å². The number of hydrogen-bond acceptors (Lipinski definition) is 1. The van der Waals surface area contributed by atoms with Gasteiger partial charge in [0.2, 0.25) is 0 Å². The van der Waals surface area contributed by atoms with Crippen LogP contribution in [-0.2, 0) is 4.79 Å². The molecule has 0 aliphatic heterocycles. The van der Waals surface area contributed by atoms with Gasteiger partial charge in [-0.1, -0.05) is 26.7 Å². The molecule has 1 fully saturated rings. The van der Waals surface area contributed by atoms with Gasteiger partial charge >= 0.3 is 6.43 Å². The van der Waals surface area contributed by atoms with Gasteiger partial charge in [-0.15, -0.1) is 0 Å². The molecule has 1 N–H and O–H groups in total. The van der Waals surface area contributed by atoms with Crippen LogP contribution < -0.4 is 5.32 Å². The highest BCUT2D eigenvalue weighted by Gasteiger charge is 2.30. The number of carbonyl (C=O) groups is 1. The van der Waals surface area contributed by atoms with E-state index in [4.69, 9.17) is 0 Å². The number of hydrogen-bond donors (Lipinski definition) is 1. The molecule has 15 heavy (non-hydrogen) atoms. The first-order valence-electron chi connectivity index (χ1n) is 5.61. The number of amides is 1. The summed E-state index contributed by atoms with van der Waals surface area (Å²) in [4.78, 5) is 10.9. The summed E-state index contributed by atoms with van der Waals surface area (Å²) in [5.74, 6) is -0.331. The van der Waals surface area contributed by atoms with Crippen LogP contribution in [0, 0.1) is 11.8 Å². The molecule has 4 heteroatoms. The first-order chi connectivity index (χ1) is 7.02. The highest BCUT2D eigenvalue weighted by molar-refractivity contribution is 5.79. The molecule has 0 radical (unpaired) electrons. The molecule has 0 aromatic carbocycles. The molecule has 0 aromatic rings. The molecule has 0 heterocycles. The van der Waals surface area contributed by atoms with Gasteiger partial charge in [-0.2, -0.15) is 8.78 Å². The summed E-state index contributed by atoms with van der Waals surface area (Å²) in [6.45, 7) is 4.16. The monoisotopic (exact) mass is 219 g/mol. The van der Waals surface area contributed by atoms with E-state index >= 15 is 0 Å². The molecule has 1 saturated carbocycles. The number of alkyl halides is 2. The Bertz CT molecular complexity index is 219. The van der Waals surface area contributed by atoms with E-state index in [0.717, 1.165) is 25.7 Å². The third-order valence-electron chi connectivity index (χ3n) is 3.20. The molecule has 0 saturated heterocycles. The molecule has 0 bridgehead atoms. The molecule has 2 unspecified atom stereocenters. The Balaban J connectivity index is 2.53. The van der Waals surface area contributed by atoms with Gasteiger partial charge in [0.15, 0.2) is 0 Å². The minimum atomic E-state index is -2.89. The van der Waals surface area contributed by atoms with Crippen molar-refractivity contribution in [3.8, 4) is 0 Å². The average molecular weight is 219 g/mol. The summed E-state index contributed by atoms with van der Waals surface area (Å²) >= 11 is 0. The van der Waals surface area contributed by atoms with Gasteiger partial charge in [-0.3, -0.25) is 4.79 Å². The molecule has 1 aliphatic carbocycles. The third-order valence-corrected chi connectivity index (χ3v) is 3.20. The standard InChI is InChI=1S/C11H19F2NO/c1-7(2)8-5-3-4-6-9(8)14-11(15)10(12)13/h7-10H,3-6H2,1-2H3,(H,14,15). The predicted molar refractivity (Wildman–Crippen MR) is 54.7 cm³/mol. The Morgan fingerprint density at radius 2 is 1.87 bits per heavy atom. The van der Waals surface area contributed by atoms with Crippen molar-refractivity contribution in [2.45, 2.75) is 52.0 Å².